The van der Waals surface area contributed by atoms with E-state index >= 15 is 0 Å². The number of nitrogens with one attached hydrogen (secondary N) is 1. The standard InChI is InChI=1S/C13H17NO3/c1-16-11-4-3-9(8-12(11)17-2)7-10-5-6-14-13(10)15/h3-4,8,10H,5-7H2,1-2H3,(H,14,15). The Morgan fingerprint density at radius 3 is 2.65 bits per heavy atom. The SMILES string of the molecule is COc1ccc(CC2CCNC2=O)cc1OC. The van der Waals surface area contributed by atoms with Gasteiger partial charge in [-0.1, -0.05) is 6.07 Å². The minimum atomic E-state index is 0.0908. The van der Waals surface area contributed by atoms with Crippen LogP contribution in [0, 0.1) is 5.92 Å². The van der Waals surface area contributed by atoms with Crippen molar-refractivity contribution < 1.29 is 14.3 Å². The van der Waals surface area contributed by atoms with E-state index in [0.29, 0.717) is 11.5 Å². The van der Waals surface area contributed by atoms with Crippen molar-refractivity contribution in [2.24, 2.45) is 5.92 Å². The summed E-state index contributed by atoms with van der Waals surface area (Å²) in [6.45, 7) is 0.788. The largest absolute Gasteiger partial charge is 0.493 e. The van der Waals surface area contributed by atoms with Crippen molar-refractivity contribution >= 4 is 5.91 Å². The number of ether oxygens (including phenoxy) is 2. The maximum absolute atomic E-state index is 11.5. The summed E-state index contributed by atoms with van der Waals surface area (Å²) in [5.41, 5.74) is 1.10. The highest BCUT2D eigenvalue weighted by Gasteiger charge is 2.24. The fraction of sp³-hybridized carbons (Fsp3) is 0.462. The van der Waals surface area contributed by atoms with Crippen LogP contribution in [-0.2, 0) is 11.2 Å². The van der Waals surface area contributed by atoms with Gasteiger partial charge < -0.3 is 14.8 Å². The number of amides is 1. The summed E-state index contributed by atoms with van der Waals surface area (Å²) in [6, 6.07) is 5.79. The summed E-state index contributed by atoms with van der Waals surface area (Å²) in [6.07, 6.45) is 1.67. The molecule has 4 nitrogen and oxygen atoms in total. The van der Waals surface area contributed by atoms with Crippen LogP contribution in [0.15, 0.2) is 18.2 Å². The Labute approximate surface area is 101 Å². The summed E-state index contributed by atoms with van der Waals surface area (Å²) in [4.78, 5) is 11.5. The molecule has 0 radical (unpaired) electrons. The number of methoxy groups -OCH3 is 2. The molecule has 0 saturated carbocycles. The van der Waals surface area contributed by atoms with Crippen LogP contribution in [0.5, 0.6) is 11.5 Å². The Hall–Kier alpha value is -1.71. The van der Waals surface area contributed by atoms with E-state index in [1.165, 1.54) is 0 Å². The van der Waals surface area contributed by atoms with Gasteiger partial charge in [-0.2, -0.15) is 0 Å². The second kappa shape index (κ2) is 5.08. The lowest BCUT2D eigenvalue weighted by atomic mass is 9.98. The normalized spacial score (nSPS) is 18.9. The molecule has 0 aromatic heterocycles. The molecule has 1 aliphatic rings. The highest BCUT2D eigenvalue weighted by molar-refractivity contribution is 5.80. The van der Waals surface area contributed by atoms with Crippen LogP contribution in [0.3, 0.4) is 0 Å². The average molecular weight is 235 g/mol. The zero-order valence-corrected chi connectivity index (χ0v) is 10.2. The monoisotopic (exact) mass is 235 g/mol. The molecular weight excluding hydrogens is 218 g/mol. The zero-order chi connectivity index (χ0) is 12.3. The van der Waals surface area contributed by atoms with Gasteiger partial charge in [-0.3, -0.25) is 4.79 Å². The summed E-state index contributed by atoms with van der Waals surface area (Å²) in [7, 11) is 3.23. The Balaban J connectivity index is 2.13. The lowest BCUT2D eigenvalue weighted by Gasteiger charge is -2.11. The maximum Gasteiger partial charge on any atom is 0.223 e. The van der Waals surface area contributed by atoms with Crippen molar-refractivity contribution in [1.82, 2.24) is 5.32 Å². The lowest BCUT2D eigenvalue weighted by molar-refractivity contribution is -0.122. The second-order valence-corrected chi connectivity index (χ2v) is 4.17. The van der Waals surface area contributed by atoms with Gasteiger partial charge in [0.1, 0.15) is 0 Å². The Kier molecular flexibility index (Phi) is 3.52. The Morgan fingerprint density at radius 1 is 1.29 bits per heavy atom. The van der Waals surface area contributed by atoms with E-state index in [2.05, 4.69) is 5.32 Å². The summed E-state index contributed by atoms with van der Waals surface area (Å²) < 4.78 is 10.4. The maximum atomic E-state index is 11.5. The van der Waals surface area contributed by atoms with Crippen LogP contribution in [-0.4, -0.2) is 26.7 Å². The van der Waals surface area contributed by atoms with Crippen molar-refractivity contribution in [3.63, 3.8) is 0 Å². The molecule has 1 aromatic carbocycles. The minimum absolute atomic E-state index is 0.0908. The molecule has 2 rings (SSSR count). The van der Waals surface area contributed by atoms with Gasteiger partial charge >= 0.3 is 0 Å². The third kappa shape index (κ3) is 2.52. The van der Waals surface area contributed by atoms with Gasteiger partial charge in [-0.15, -0.1) is 0 Å². The van der Waals surface area contributed by atoms with E-state index < -0.39 is 0 Å². The van der Waals surface area contributed by atoms with E-state index in [9.17, 15) is 4.79 Å². The van der Waals surface area contributed by atoms with Crippen LogP contribution in [0.4, 0.5) is 0 Å². The van der Waals surface area contributed by atoms with Crippen LogP contribution >= 0.6 is 0 Å². The first-order valence-corrected chi connectivity index (χ1v) is 5.73. The van der Waals surface area contributed by atoms with Crippen LogP contribution in [0.2, 0.25) is 0 Å². The molecule has 1 unspecified atom stereocenters. The van der Waals surface area contributed by atoms with Gasteiger partial charge in [-0.25, -0.2) is 0 Å². The third-order valence-electron chi connectivity index (χ3n) is 3.09. The highest BCUT2D eigenvalue weighted by Crippen LogP contribution is 2.29. The number of rotatable bonds is 4. The molecule has 1 saturated heterocycles. The first-order valence-electron chi connectivity index (χ1n) is 5.73. The first kappa shape index (κ1) is 11.8. The number of carbonyl (C=O) groups is 1. The Morgan fingerprint density at radius 2 is 2.06 bits per heavy atom. The van der Waals surface area contributed by atoms with Crippen molar-refractivity contribution in [2.45, 2.75) is 12.8 Å². The molecule has 0 spiro atoms. The van der Waals surface area contributed by atoms with Crippen LogP contribution < -0.4 is 14.8 Å². The summed E-state index contributed by atoms with van der Waals surface area (Å²) >= 11 is 0. The minimum Gasteiger partial charge on any atom is -0.493 e. The topological polar surface area (TPSA) is 47.6 Å². The van der Waals surface area contributed by atoms with E-state index in [4.69, 9.17) is 9.47 Å². The molecule has 1 aliphatic heterocycles. The number of carbonyl (C=O) groups excluding carboxylic acids is 1. The number of benzene rings is 1. The van der Waals surface area contributed by atoms with Crippen molar-refractivity contribution in [3.8, 4) is 11.5 Å². The smallest absolute Gasteiger partial charge is 0.223 e. The highest BCUT2D eigenvalue weighted by atomic mass is 16.5. The van der Waals surface area contributed by atoms with E-state index in [1.807, 2.05) is 18.2 Å². The second-order valence-electron chi connectivity index (χ2n) is 4.17. The Bertz CT molecular complexity index is 417. The van der Waals surface area contributed by atoms with Crippen LogP contribution in [0.25, 0.3) is 0 Å². The van der Waals surface area contributed by atoms with Gasteiger partial charge in [0.05, 0.1) is 14.2 Å². The number of hydrogen-bond donors (Lipinski definition) is 1. The van der Waals surface area contributed by atoms with Gasteiger partial charge in [0.25, 0.3) is 0 Å². The average Bonchev–Trinajstić information content (AvgIpc) is 2.75. The molecule has 1 aromatic rings. The molecule has 0 aliphatic carbocycles. The van der Waals surface area contributed by atoms with Crippen molar-refractivity contribution in [3.05, 3.63) is 23.8 Å². The molecule has 0 bridgehead atoms. The molecule has 92 valence electrons. The molecule has 1 atom stereocenters. The first-order chi connectivity index (χ1) is 8.24. The molecular formula is C13H17NO3. The molecule has 1 N–H and O–H groups in total. The molecule has 4 heteroatoms. The van der Waals surface area contributed by atoms with E-state index in [1.54, 1.807) is 14.2 Å². The van der Waals surface area contributed by atoms with Crippen LogP contribution in [0.1, 0.15) is 12.0 Å². The summed E-state index contributed by atoms with van der Waals surface area (Å²) in [5.74, 6) is 1.67. The fourth-order valence-electron chi connectivity index (χ4n) is 2.13. The predicted octanol–water partition coefficient (Wildman–Crippen LogP) is 1.38. The zero-order valence-electron chi connectivity index (χ0n) is 10.2. The quantitative estimate of drug-likeness (QED) is 0.857. The number of hydrogen-bond acceptors (Lipinski definition) is 3. The van der Waals surface area contributed by atoms with Gasteiger partial charge in [-0.05, 0) is 30.5 Å². The molecule has 1 fully saturated rings. The lowest BCUT2D eigenvalue weighted by Crippen LogP contribution is -2.20. The summed E-state index contributed by atoms with van der Waals surface area (Å²) in [5, 5.41) is 2.85. The third-order valence-corrected chi connectivity index (χ3v) is 3.09. The molecule has 1 heterocycles. The van der Waals surface area contributed by atoms with Gasteiger partial charge in [0.15, 0.2) is 11.5 Å². The molecule has 1 amide bonds. The molecule has 17 heavy (non-hydrogen) atoms. The predicted molar refractivity (Wildman–Crippen MR) is 64.4 cm³/mol. The fourth-order valence-corrected chi connectivity index (χ4v) is 2.13. The van der Waals surface area contributed by atoms with E-state index in [0.717, 1.165) is 24.9 Å². The van der Waals surface area contributed by atoms with Gasteiger partial charge in [0, 0.05) is 12.5 Å². The van der Waals surface area contributed by atoms with Crippen molar-refractivity contribution in [2.75, 3.05) is 20.8 Å². The van der Waals surface area contributed by atoms with E-state index in [-0.39, 0.29) is 11.8 Å². The van der Waals surface area contributed by atoms with Gasteiger partial charge in [0.2, 0.25) is 5.91 Å². The van der Waals surface area contributed by atoms with Crippen molar-refractivity contribution in [1.29, 1.82) is 0 Å².